The van der Waals surface area contributed by atoms with E-state index in [1.54, 1.807) is 25.1 Å². The number of aromatic amines is 1. The Morgan fingerprint density at radius 2 is 2.23 bits per heavy atom. The molecule has 0 aliphatic rings. The van der Waals surface area contributed by atoms with E-state index in [2.05, 4.69) is 10.2 Å². The third kappa shape index (κ3) is 2.31. The van der Waals surface area contributed by atoms with Gasteiger partial charge >= 0.3 is 0 Å². The van der Waals surface area contributed by atoms with Crippen LogP contribution in [0, 0.1) is 0 Å². The van der Waals surface area contributed by atoms with Gasteiger partial charge in [-0.15, -0.1) is 0 Å². The quantitative estimate of drug-likeness (QED) is 0.687. The van der Waals surface area contributed by atoms with Gasteiger partial charge in [-0.05, 0) is 24.4 Å². The Balaban J connectivity index is 2.40. The van der Waals surface area contributed by atoms with Crippen molar-refractivity contribution in [3.05, 3.63) is 57.1 Å². The maximum absolute atomic E-state index is 12.9. The van der Waals surface area contributed by atoms with Crippen LogP contribution in [0.4, 0.5) is 0 Å². The number of hydrogen-bond acceptors (Lipinski definition) is 4. The minimum absolute atomic E-state index is 0.191. The summed E-state index contributed by atoms with van der Waals surface area (Å²) < 4.78 is 1.43. The molecule has 1 aromatic carbocycles. The molecule has 4 N–H and O–H groups in total. The molecule has 0 radical (unpaired) electrons. The molecule has 22 heavy (non-hydrogen) atoms. The van der Waals surface area contributed by atoms with Crippen LogP contribution >= 0.6 is 11.6 Å². The third-order valence-corrected chi connectivity index (χ3v) is 3.82. The summed E-state index contributed by atoms with van der Waals surface area (Å²) in [6, 6.07) is 8.35. The van der Waals surface area contributed by atoms with Crippen LogP contribution in [0.1, 0.15) is 24.4 Å². The molecule has 0 spiro atoms. The predicted octanol–water partition coefficient (Wildman–Crippen LogP) is 1.88. The first kappa shape index (κ1) is 14.8. The van der Waals surface area contributed by atoms with Gasteiger partial charge in [-0.2, -0.15) is 5.10 Å². The summed E-state index contributed by atoms with van der Waals surface area (Å²) in [4.78, 5) is 12.9. The molecule has 3 rings (SSSR count). The van der Waals surface area contributed by atoms with Crippen LogP contribution in [0.2, 0.25) is 5.02 Å². The fourth-order valence-corrected chi connectivity index (χ4v) is 2.72. The zero-order valence-electron chi connectivity index (χ0n) is 11.9. The molecular formula is C15H15ClN4O2. The Labute approximate surface area is 131 Å². The van der Waals surface area contributed by atoms with Gasteiger partial charge in [0.2, 0.25) is 0 Å². The molecule has 3 aromatic rings. The summed E-state index contributed by atoms with van der Waals surface area (Å²) in [5.41, 5.74) is 6.86. The summed E-state index contributed by atoms with van der Waals surface area (Å²) in [5, 5.41) is 17.4. The number of rotatable bonds is 3. The molecule has 0 amide bonds. The van der Waals surface area contributed by atoms with E-state index in [9.17, 15) is 4.79 Å². The number of aliphatic hydroxyl groups is 1. The number of aliphatic hydroxyl groups excluding tert-OH is 1. The van der Waals surface area contributed by atoms with Gasteiger partial charge in [0.1, 0.15) is 0 Å². The molecule has 0 fully saturated rings. The van der Waals surface area contributed by atoms with Gasteiger partial charge in [-0.25, -0.2) is 0 Å². The Bertz CT molecular complexity index is 898. The lowest BCUT2D eigenvalue weighted by atomic mass is 10.1. The molecule has 2 aromatic heterocycles. The largest absolute Gasteiger partial charge is 0.390 e. The van der Waals surface area contributed by atoms with Gasteiger partial charge in [0.05, 0.1) is 22.7 Å². The lowest BCUT2D eigenvalue weighted by molar-refractivity contribution is 0.276. The van der Waals surface area contributed by atoms with Gasteiger partial charge in [-0.1, -0.05) is 23.7 Å². The first-order valence-electron chi connectivity index (χ1n) is 6.78. The van der Waals surface area contributed by atoms with E-state index in [1.165, 1.54) is 4.57 Å². The Morgan fingerprint density at radius 3 is 2.86 bits per heavy atom. The molecule has 0 aliphatic carbocycles. The fourth-order valence-electron chi connectivity index (χ4n) is 2.46. The number of hydrogen-bond donors (Lipinski definition) is 3. The van der Waals surface area contributed by atoms with Crippen LogP contribution in [0.15, 0.2) is 35.1 Å². The van der Waals surface area contributed by atoms with Gasteiger partial charge in [-0.3, -0.25) is 14.5 Å². The van der Waals surface area contributed by atoms with Crippen molar-refractivity contribution in [1.29, 1.82) is 0 Å². The van der Waals surface area contributed by atoms with Crippen molar-refractivity contribution in [3.8, 4) is 5.82 Å². The highest BCUT2D eigenvalue weighted by molar-refractivity contribution is 6.35. The number of nitrogens with two attached hydrogens (primary N) is 1. The van der Waals surface area contributed by atoms with Crippen molar-refractivity contribution in [2.45, 2.75) is 19.6 Å². The predicted molar refractivity (Wildman–Crippen MR) is 85.2 cm³/mol. The number of H-pyrrole nitrogens is 1. The number of pyridine rings is 1. The van der Waals surface area contributed by atoms with E-state index < -0.39 is 0 Å². The van der Waals surface area contributed by atoms with E-state index in [1.807, 2.05) is 12.1 Å². The third-order valence-electron chi connectivity index (χ3n) is 3.51. The topological polar surface area (TPSA) is 96.9 Å². The van der Waals surface area contributed by atoms with E-state index in [-0.39, 0.29) is 18.2 Å². The van der Waals surface area contributed by atoms with Crippen molar-refractivity contribution < 1.29 is 5.11 Å². The SMILES string of the molecule is CC(N)c1cc2cccc(Cl)c2c(=O)n1-c1cc(CO)[nH]n1. The van der Waals surface area contributed by atoms with Crippen LogP contribution in [-0.4, -0.2) is 19.9 Å². The second kappa shape index (κ2) is 5.57. The number of benzene rings is 1. The standard InChI is InChI=1S/C15H15ClN4O2/c1-8(17)12-5-9-3-2-4-11(16)14(9)15(22)20(12)13-6-10(7-21)18-19-13/h2-6,8,21H,7,17H2,1H3,(H,18,19). The lowest BCUT2D eigenvalue weighted by Gasteiger charge is -2.15. The zero-order chi connectivity index (χ0) is 15.9. The lowest BCUT2D eigenvalue weighted by Crippen LogP contribution is -2.26. The molecule has 6 nitrogen and oxygen atoms in total. The van der Waals surface area contributed by atoms with Crippen molar-refractivity contribution in [1.82, 2.24) is 14.8 Å². The first-order valence-corrected chi connectivity index (χ1v) is 7.16. The highest BCUT2D eigenvalue weighted by Crippen LogP contribution is 2.24. The number of nitrogens with zero attached hydrogens (tertiary/aromatic N) is 2. The number of aromatic nitrogens is 3. The maximum atomic E-state index is 12.9. The minimum Gasteiger partial charge on any atom is -0.390 e. The molecule has 114 valence electrons. The van der Waals surface area contributed by atoms with Crippen LogP contribution in [0.25, 0.3) is 16.6 Å². The first-order chi connectivity index (χ1) is 10.5. The Morgan fingerprint density at radius 1 is 1.45 bits per heavy atom. The number of halogens is 1. The highest BCUT2D eigenvalue weighted by Gasteiger charge is 2.17. The van der Waals surface area contributed by atoms with Gasteiger partial charge in [0.25, 0.3) is 5.56 Å². The second-order valence-electron chi connectivity index (χ2n) is 5.11. The van der Waals surface area contributed by atoms with Crippen LogP contribution in [0.3, 0.4) is 0 Å². The molecule has 1 atom stereocenters. The van der Waals surface area contributed by atoms with E-state index in [0.29, 0.717) is 27.6 Å². The molecule has 0 aliphatic heterocycles. The van der Waals surface area contributed by atoms with E-state index in [0.717, 1.165) is 5.39 Å². The van der Waals surface area contributed by atoms with Crippen molar-refractivity contribution >= 4 is 22.4 Å². The second-order valence-corrected chi connectivity index (χ2v) is 5.52. The average molecular weight is 319 g/mol. The smallest absolute Gasteiger partial charge is 0.265 e. The molecule has 0 bridgehead atoms. The molecule has 0 saturated carbocycles. The van der Waals surface area contributed by atoms with Crippen molar-refractivity contribution in [2.24, 2.45) is 5.73 Å². The van der Waals surface area contributed by atoms with Gasteiger partial charge in [0.15, 0.2) is 5.82 Å². The van der Waals surface area contributed by atoms with Crippen LogP contribution in [-0.2, 0) is 6.61 Å². The zero-order valence-corrected chi connectivity index (χ0v) is 12.6. The average Bonchev–Trinajstić information content (AvgIpc) is 2.95. The maximum Gasteiger partial charge on any atom is 0.265 e. The fraction of sp³-hybridized carbons (Fsp3) is 0.200. The summed E-state index contributed by atoms with van der Waals surface area (Å²) in [5.74, 6) is 0.378. The summed E-state index contributed by atoms with van der Waals surface area (Å²) in [7, 11) is 0. The van der Waals surface area contributed by atoms with Crippen LogP contribution in [0.5, 0.6) is 0 Å². The molecular weight excluding hydrogens is 304 g/mol. The van der Waals surface area contributed by atoms with Gasteiger partial charge < -0.3 is 10.8 Å². The summed E-state index contributed by atoms with van der Waals surface area (Å²) in [6.45, 7) is 1.60. The number of nitrogens with one attached hydrogen (secondary N) is 1. The Kier molecular flexibility index (Phi) is 3.74. The normalized spacial score (nSPS) is 12.7. The number of fused-ring (bicyclic) bond motifs is 1. The molecule has 7 heteroatoms. The monoisotopic (exact) mass is 318 g/mol. The highest BCUT2D eigenvalue weighted by atomic mass is 35.5. The summed E-state index contributed by atoms with van der Waals surface area (Å²) >= 11 is 6.17. The van der Waals surface area contributed by atoms with E-state index >= 15 is 0 Å². The molecule has 2 heterocycles. The molecule has 0 saturated heterocycles. The van der Waals surface area contributed by atoms with Crippen molar-refractivity contribution in [3.63, 3.8) is 0 Å². The van der Waals surface area contributed by atoms with E-state index in [4.69, 9.17) is 22.4 Å². The summed E-state index contributed by atoms with van der Waals surface area (Å²) in [6.07, 6.45) is 0. The van der Waals surface area contributed by atoms with Crippen molar-refractivity contribution in [2.75, 3.05) is 0 Å². The Hall–Kier alpha value is -2.15. The molecule has 1 unspecified atom stereocenters. The van der Waals surface area contributed by atoms with Gasteiger partial charge in [0, 0.05) is 17.8 Å². The van der Waals surface area contributed by atoms with Crippen LogP contribution < -0.4 is 11.3 Å². The minimum atomic E-state index is -0.370.